The summed E-state index contributed by atoms with van der Waals surface area (Å²) in [5, 5.41) is 11.7. The van der Waals surface area contributed by atoms with E-state index in [1.54, 1.807) is 49.6 Å². The van der Waals surface area contributed by atoms with Crippen LogP contribution in [0.5, 0.6) is 0 Å². The Labute approximate surface area is 133 Å². The Morgan fingerprint density at radius 1 is 1.26 bits per heavy atom. The van der Waals surface area contributed by atoms with Gasteiger partial charge in [0.15, 0.2) is 0 Å². The zero-order valence-electron chi connectivity index (χ0n) is 13.2. The number of nitrogens with one attached hydrogen (secondary N) is 1. The number of rotatable bonds is 4. The third-order valence-corrected chi connectivity index (χ3v) is 2.88. The molecule has 1 amide bonds. The second-order valence-electron chi connectivity index (χ2n) is 6.04. The van der Waals surface area contributed by atoms with E-state index < -0.39 is 17.7 Å². The van der Waals surface area contributed by atoms with Crippen molar-refractivity contribution in [3.8, 4) is 0 Å². The number of hydrogen-bond acceptors (Lipinski definition) is 4. The predicted octanol–water partition coefficient (Wildman–Crippen LogP) is 2.98. The number of hydrogen-bond donors (Lipinski definition) is 2. The van der Waals surface area contributed by atoms with E-state index in [0.717, 1.165) is 5.56 Å². The molecule has 0 radical (unpaired) electrons. The maximum Gasteiger partial charge on any atom is 0.412 e. The summed E-state index contributed by atoms with van der Waals surface area (Å²) >= 11 is 0. The van der Waals surface area contributed by atoms with Crippen LogP contribution in [0.3, 0.4) is 0 Å². The fourth-order valence-corrected chi connectivity index (χ4v) is 1.94. The number of imidazole rings is 1. The van der Waals surface area contributed by atoms with Crippen LogP contribution in [0.4, 0.5) is 10.5 Å². The van der Waals surface area contributed by atoms with Crippen LogP contribution in [0.15, 0.2) is 36.8 Å². The molecule has 122 valence electrons. The lowest BCUT2D eigenvalue weighted by atomic mass is 10.2. The van der Waals surface area contributed by atoms with Crippen molar-refractivity contribution in [3.63, 3.8) is 0 Å². The van der Waals surface area contributed by atoms with Crippen LogP contribution in [-0.4, -0.2) is 32.3 Å². The highest BCUT2D eigenvalue weighted by molar-refractivity contribution is 5.85. The smallest absolute Gasteiger partial charge is 0.412 e. The second kappa shape index (κ2) is 6.51. The number of carbonyl (C=O) groups excluding carboxylic acids is 1. The molecular formula is C16H19N3O4. The van der Waals surface area contributed by atoms with E-state index in [2.05, 4.69) is 10.3 Å². The summed E-state index contributed by atoms with van der Waals surface area (Å²) < 4.78 is 6.71. The number of carboxylic acid groups (broad SMARTS) is 1. The molecule has 0 unspecified atom stereocenters. The molecular weight excluding hydrogens is 298 g/mol. The van der Waals surface area contributed by atoms with E-state index in [9.17, 15) is 9.59 Å². The van der Waals surface area contributed by atoms with Gasteiger partial charge in [-0.25, -0.2) is 14.6 Å². The molecule has 23 heavy (non-hydrogen) atoms. The van der Waals surface area contributed by atoms with Crippen molar-refractivity contribution >= 4 is 17.7 Å². The summed E-state index contributed by atoms with van der Waals surface area (Å²) in [4.78, 5) is 26.6. The van der Waals surface area contributed by atoms with E-state index >= 15 is 0 Å². The van der Waals surface area contributed by atoms with Gasteiger partial charge in [0.25, 0.3) is 0 Å². The largest absolute Gasteiger partial charge is 0.477 e. The van der Waals surface area contributed by atoms with E-state index in [4.69, 9.17) is 9.84 Å². The molecule has 2 aromatic rings. The Bertz CT molecular complexity index is 699. The van der Waals surface area contributed by atoms with Gasteiger partial charge in [-0.1, -0.05) is 12.1 Å². The maximum atomic E-state index is 11.7. The van der Waals surface area contributed by atoms with Gasteiger partial charge < -0.3 is 14.4 Å². The van der Waals surface area contributed by atoms with Crippen molar-refractivity contribution in [3.05, 3.63) is 48.0 Å². The lowest BCUT2D eigenvalue weighted by Crippen LogP contribution is -2.27. The average Bonchev–Trinajstić information content (AvgIpc) is 2.87. The molecule has 7 heteroatoms. The van der Waals surface area contributed by atoms with Gasteiger partial charge in [0.1, 0.15) is 11.3 Å². The van der Waals surface area contributed by atoms with Gasteiger partial charge >= 0.3 is 12.1 Å². The predicted molar refractivity (Wildman–Crippen MR) is 84.6 cm³/mol. The number of benzene rings is 1. The molecule has 0 saturated heterocycles. The molecule has 2 rings (SSSR count). The van der Waals surface area contributed by atoms with Crippen molar-refractivity contribution in [2.24, 2.45) is 0 Å². The Morgan fingerprint density at radius 3 is 2.48 bits per heavy atom. The minimum atomic E-state index is -1.02. The third kappa shape index (κ3) is 4.84. The topological polar surface area (TPSA) is 93.5 Å². The van der Waals surface area contributed by atoms with Crippen LogP contribution in [0.1, 0.15) is 36.8 Å². The monoisotopic (exact) mass is 317 g/mol. The Balaban J connectivity index is 2.01. The standard InChI is InChI=1S/C16H19N3O4/c1-16(2,3)23-15(22)18-12-6-4-11(5-7-12)9-19-10-17-8-13(19)14(20)21/h4-8,10H,9H2,1-3H3,(H,18,22)(H,20,21). The molecule has 0 aliphatic rings. The SMILES string of the molecule is CC(C)(C)OC(=O)Nc1ccc(Cn2cncc2C(=O)O)cc1. The van der Waals surface area contributed by atoms with Crippen LogP contribution < -0.4 is 5.32 Å². The highest BCUT2D eigenvalue weighted by Gasteiger charge is 2.16. The lowest BCUT2D eigenvalue weighted by Gasteiger charge is -2.19. The van der Waals surface area contributed by atoms with Gasteiger partial charge in [-0.15, -0.1) is 0 Å². The van der Waals surface area contributed by atoms with Crippen molar-refractivity contribution < 1.29 is 19.4 Å². The molecule has 0 spiro atoms. The van der Waals surface area contributed by atoms with Crippen LogP contribution in [0.2, 0.25) is 0 Å². The van der Waals surface area contributed by atoms with Crippen molar-refractivity contribution in [1.82, 2.24) is 9.55 Å². The Hall–Kier alpha value is -2.83. The van der Waals surface area contributed by atoms with Crippen molar-refractivity contribution in [2.75, 3.05) is 5.32 Å². The molecule has 0 fully saturated rings. The third-order valence-electron chi connectivity index (χ3n) is 2.88. The highest BCUT2D eigenvalue weighted by atomic mass is 16.6. The average molecular weight is 317 g/mol. The molecule has 0 saturated carbocycles. The van der Waals surface area contributed by atoms with Gasteiger partial charge in [0, 0.05) is 12.2 Å². The van der Waals surface area contributed by atoms with Crippen LogP contribution >= 0.6 is 0 Å². The first kappa shape index (κ1) is 16.5. The summed E-state index contributed by atoms with van der Waals surface area (Å²) in [6.45, 7) is 5.76. The van der Waals surface area contributed by atoms with Crippen LogP contribution in [0.25, 0.3) is 0 Å². The van der Waals surface area contributed by atoms with Gasteiger partial charge in [0.05, 0.1) is 12.5 Å². The van der Waals surface area contributed by atoms with Crippen molar-refractivity contribution in [1.29, 1.82) is 0 Å². The lowest BCUT2D eigenvalue weighted by molar-refractivity contribution is 0.0633. The van der Waals surface area contributed by atoms with Crippen molar-refractivity contribution in [2.45, 2.75) is 32.9 Å². The Morgan fingerprint density at radius 2 is 1.91 bits per heavy atom. The first-order valence-electron chi connectivity index (χ1n) is 7.07. The number of ether oxygens (including phenoxy) is 1. The van der Waals surface area contributed by atoms with E-state index in [0.29, 0.717) is 12.2 Å². The first-order chi connectivity index (χ1) is 10.7. The molecule has 1 heterocycles. The Kier molecular flexibility index (Phi) is 4.68. The summed E-state index contributed by atoms with van der Waals surface area (Å²) in [5.41, 5.74) is 1.06. The van der Waals surface area contributed by atoms with Gasteiger partial charge in [-0.2, -0.15) is 0 Å². The number of carbonyl (C=O) groups is 2. The molecule has 7 nitrogen and oxygen atoms in total. The number of aromatic nitrogens is 2. The quantitative estimate of drug-likeness (QED) is 0.904. The molecule has 1 aromatic heterocycles. The van der Waals surface area contributed by atoms with Gasteiger partial charge in [0.2, 0.25) is 0 Å². The van der Waals surface area contributed by atoms with E-state index in [1.807, 2.05) is 0 Å². The number of amides is 1. The normalized spacial score (nSPS) is 11.1. The fourth-order valence-electron chi connectivity index (χ4n) is 1.94. The summed E-state index contributed by atoms with van der Waals surface area (Å²) in [6.07, 6.45) is 2.25. The molecule has 0 atom stereocenters. The first-order valence-corrected chi connectivity index (χ1v) is 7.07. The molecule has 1 aromatic carbocycles. The minimum absolute atomic E-state index is 0.126. The van der Waals surface area contributed by atoms with E-state index in [-0.39, 0.29) is 5.69 Å². The summed E-state index contributed by atoms with van der Waals surface area (Å²) in [5.74, 6) is -1.02. The number of aromatic carboxylic acids is 1. The number of carboxylic acids is 1. The van der Waals surface area contributed by atoms with Gasteiger partial charge in [-0.05, 0) is 38.5 Å². The number of anilines is 1. The molecule has 0 aliphatic heterocycles. The van der Waals surface area contributed by atoms with Crippen LogP contribution in [-0.2, 0) is 11.3 Å². The minimum Gasteiger partial charge on any atom is -0.477 e. The highest BCUT2D eigenvalue weighted by Crippen LogP contribution is 2.14. The summed E-state index contributed by atoms with van der Waals surface area (Å²) in [6, 6.07) is 7.07. The molecule has 2 N–H and O–H groups in total. The number of nitrogens with zero attached hydrogens (tertiary/aromatic N) is 2. The van der Waals surface area contributed by atoms with E-state index in [1.165, 1.54) is 12.5 Å². The zero-order chi connectivity index (χ0) is 17.0. The van der Waals surface area contributed by atoms with Crippen LogP contribution in [0, 0.1) is 0 Å². The zero-order valence-corrected chi connectivity index (χ0v) is 13.2. The molecule has 0 bridgehead atoms. The fraction of sp³-hybridized carbons (Fsp3) is 0.312. The second-order valence-corrected chi connectivity index (χ2v) is 6.04. The molecule has 0 aliphatic carbocycles. The summed E-state index contributed by atoms with van der Waals surface area (Å²) in [7, 11) is 0. The maximum absolute atomic E-state index is 11.7. The van der Waals surface area contributed by atoms with Gasteiger partial charge in [-0.3, -0.25) is 5.32 Å².